The smallest absolute Gasteiger partial charge is 0.243 e. The average molecular weight is 479 g/mol. The molecule has 1 aliphatic rings. The first-order chi connectivity index (χ1) is 16.4. The Morgan fingerprint density at radius 2 is 1.82 bits per heavy atom. The average Bonchev–Trinajstić information content (AvgIpc) is 3.30. The molecule has 0 saturated carbocycles. The summed E-state index contributed by atoms with van der Waals surface area (Å²) in [6.45, 7) is 0.435. The van der Waals surface area contributed by atoms with E-state index in [0.717, 1.165) is 5.56 Å². The minimum Gasteiger partial charge on any atom is -0.338 e. The summed E-state index contributed by atoms with van der Waals surface area (Å²) in [7, 11) is -3.80. The van der Waals surface area contributed by atoms with Crippen molar-refractivity contribution in [2.24, 2.45) is 5.92 Å². The number of aromatic amines is 1. The van der Waals surface area contributed by atoms with E-state index in [0.29, 0.717) is 41.9 Å². The van der Waals surface area contributed by atoms with Gasteiger partial charge in [-0.3, -0.25) is 4.79 Å². The highest BCUT2D eigenvalue weighted by Gasteiger charge is 2.33. The number of halogens is 1. The molecule has 3 aromatic carbocycles. The minimum absolute atomic E-state index is 0.0889. The van der Waals surface area contributed by atoms with Gasteiger partial charge in [-0.15, -0.1) is 0 Å². The maximum Gasteiger partial charge on any atom is 0.243 e. The van der Waals surface area contributed by atoms with E-state index in [4.69, 9.17) is 0 Å². The molecular weight excluding hydrogens is 455 g/mol. The molecule has 0 aliphatic carbocycles. The fourth-order valence-corrected chi connectivity index (χ4v) is 5.73. The lowest BCUT2D eigenvalue weighted by Crippen LogP contribution is -2.43. The molecule has 1 aromatic heterocycles. The van der Waals surface area contributed by atoms with Crippen LogP contribution in [0.1, 0.15) is 12.8 Å². The van der Waals surface area contributed by atoms with Crippen molar-refractivity contribution in [1.82, 2.24) is 14.3 Å². The van der Waals surface area contributed by atoms with Gasteiger partial charge in [0.1, 0.15) is 11.6 Å². The molecule has 0 unspecified atom stereocenters. The van der Waals surface area contributed by atoms with Crippen LogP contribution in [-0.2, 0) is 14.8 Å². The van der Waals surface area contributed by atoms with Gasteiger partial charge in [0.05, 0.1) is 21.8 Å². The third kappa shape index (κ3) is 4.44. The summed E-state index contributed by atoms with van der Waals surface area (Å²) in [5.41, 5.74) is 2.69. The number of aromatic nitrogens is 2. The number of hydrogen-bond donors (Lipinski definition) is 2. The fraction of sp³-hybridized carbons (Fsp3) is 0.200. The quantitative estimate of drug-likeness (QED) is 0.444. The molecule has 2 heterocycles. The van der Waals surface area contributed by atoms with Crippen molar-refractivity contribution in [2.45, 2.75) is 17.7 Å². The van der Waals surface area contributed by atoms with E-state index in [2.05, 4.69) is 15.3 Å². The summed E-state index contributed by atoms with van der Waals surface area (Å²) in [5.74, 6) is -0.490. The number of nitrogens with zero attached hydrogens (tertiary/aromatic N) is 2. The third-order valence-corrected chi connectivity index (χ3v) is 7.87. The number of benzene rings is 3. The van der Waals surface area contributed by atoms with Crippen LogP contribution >= 0.6 is 0 Å². The molecule has 9 heteroatoms. The predicted molar refractivity (Wildman–Crippen MR) is 128 cm³/mol. The van der Waals surface area contributed by atoms with Crippen LogP contribution in [-0.4, -0.2) is 41.7 Å². The number of fused-ring (bicyclic) bond motifs is 1. The van der Waals surface area contributed by atoms with E-state index < -0.39 is 21.8 Å². The lowest BCUT2D eigenvalue weighted by atomic mass is 9.99. The van der Waals surface area contributed by atoms with Crippen molar-refractivity contribution >= 4 is 32.7 Å². The van der Waals surface area contributed by atoms with Crippen LogP contribution in [0.4, 0.5) is 10.1 Å². The Labute approximate surface area is 196 Å². The van der Waals surface area contributed by atoms with Gasteiger partial charge in [-0.1, -0.05) is 30.3 Å². The molecule has 1 atom stereocenters. The second kappa shape index (κ2) is 9.00. The monoisotopic (exact) mass is 478 g/mol. The molecule has 34 heavy (non-hydrogen) atoms. The molecule has 2 N–H and O–H groups in total. The molecule has 0 radical (unpaired) electrons. The van der Waals surface area contributed by atoms with Gasteiger partial charge in [0, 0.05) is 24.3 Å². The van der Waals surface area contributed by atoms with Crippen LogP contribution in [0, 0.1) is 11.7 Å². The zero-order valence-electron chi connectivity index (χ0n) is 18.2. The summed E-state index contributed by atoms with van der Waals surface area (Å²) in [6.07, 6.45) is 1.16. The van der Waals surface area contributed by atoms with Gasteiger partial charge in [-0.25, -0.2) is 17.8 Å². The van der Waals surface area contributed by atoms with Gasteiger partial charge in [0.2, 0.25) is 15.9 Å². The molecule has 7 nitrogen and oxygen atoms in total. The van der Waals surface area contributed by atoms with E-state index >= 15 is 0 Å². The Bertz CT molecular complexity index is 1440. The predicted octanol–water partition coefficient (Wildman–Crippen LogP) is 4.41. The standard InChI is InChI=1S/C25H23FN4O3S/c26-19-8-10-20(11-9-19)27-25(31)18-7-4-14-30(16-18)34(32,33)21-12-13-22-23(15-21)29-24(28-22)17-5-2-1-3-6-17/h1-3,5-6,8-13,15,18H,4,7,14,16H2,(H,27,31)(H,28,29)/t18-/m0/s1. The van der Waals surface area contributed by atoms with E-state index in [-0.39, 0.29) is 17.3 Å². The Kier molecular flexibility index (Phi) is 5.89. The van der Waals surface area contributed by atoms with Gasteiger partial charge in [0.25, 0.3) is 0 Å². The number of anilines is 1. The van der Waals surface area contributed by atoms with Crippen LogP contribution < -0.4 is 5.32 Å². The summed E-state index contributed by atoms with van der Waals surface area (Å²) < 4.78 is 41.3. The molecule has 0 bridgehead atoms. The number of amides is 1. The molecule has 5 rings (SSSR count). The summed E-state index contributed by atoms with van der Waals surface area (Å²) in [4.78, 5) is 20.6. The summed E-state index contributed by atoms with van der Waals surface area (Å²) in [6, 6.07) is 19.9. The van der Waals surface area contributed by atoms with Crippen molar-refractivity contribution in [3.8, 4) is 11.4 Å². The number of hydrogen-bond acceptors (Lipinski definition) is 4. The molecule has 1 amide bonds. The third-order valence-electron chi connectivity index (χ3n) is 6.01. The van der Waals surface area contributed by atoms with Crippen LogP contribution in [0.5, 0.6) is 0 Å². The second-order valence-corrected chi connectivity index (χ2v) is 10.3. The van der Waals surface area contributed by atoms with Gasteiger partial charge in [0.15, 0.2) is 0 Å². The molecule has 0 spiro atoms. The van der Waals surface area contributed by atoms with Gasteiger partial charge in [-0.05, 0) is 55.3 Å². The Hall–Kier alpha value is -3.56. The first-order valence-electron chi connectivity index (χ1n) is 11.0. The Balaban J connectivity index is 1.35. The number of rotatable bonds is 5. The van der Waals surface area contributed by atoms with Crippen LogP contribution in [0.2, 0.25) is 0 Å². The van der Waals surface area contributed by atoms with E-state index in [1.807, 2.05) is 30.3 Å². The van der Waals surface area contributed by atoms with Crippen molar-refractivity contribution < 1.29 is 17.6 Å². The SMILES string of the molecule is O=C(Nc1ccc(F)cc1)[C@H]1CCCN(S(=O)(=O)c2ccc3nc(-c4ccccc4)[nH]c3c2)C1. The van der Waals surface area contributed by atoms with Crippen molar-refractivity contribution in [3.05, 3.63) is 78.6 Å². The number of piperidine rings is 1. The first-order valence-corrected chi connectivity index (χ1v) is 12.5. The van der Waals surface area contributed by atoms with Crippen molar-refractivity contribution in [2.75, 3.05) is 18.4 Å². The number of sulfonamides is 1. The zero-order chi connectivity index (χ0) is 23.7. The number of carbonyl (C=O) groups excluding carboxylic acids is 1. The first kappa shape index (κ1) is 22.2. The zero-order valence-corrected chi connectivity index (χ0v) is 19.1. The number of nitrogens with one attached hydrogen (secondary N) is 2. The van der Waals surface area contributed by atoms with E-state index in [1.165, 1.54) is 28.6 Å². The summed E-state index contributed by atoms with van der Waals surface area (Å²) in [5, 5.41) is 2.75. The second-order valence-electron chi connectivity index (χ2n) is 8.33. The van der Waals surface area contributed by atoms with Gasteiger partial charge >= 0.3 is 0 Å². The highest BCUT2D eigenvalue weighted by molar-refractivity contribution is 7.89. The van der Waals surface area contributed by atoms with Crippen LogP contribution in [0.3, 0.4) is 0 Å². The number of imidazole rings is 1. The normalized spacial score (nSPS) is 17.0. The molecular formula is C25H23FN4O3S. The van der Waals surface area contributed by atoms with E-state index in [1.54, 1.807) is 18.2 Å². The highest BCUT2D eigenvalue weighted by atomic mass is 32.2. The lowest BCUT2D eigenvalue weighted by molar-refractivity contribution is -0.120. The maximum absolute atomic E-state index is 13.4. The molecule has 1 aliphatic heterocycles. The lowest BCUT2D eigenvalue weighted by Gasteiger charge is -2.31. The molecule has 174 valence electrons. The molecule has 1 saturated heterocycles. The number of H-pyrrole nitrogens is 1. The van der Waals surface area contributed by atoms with Crippen molar-refractivity contribution in [3.63, 3.8) is 0 Å². The van der Waals surface area contributed by atoms with Crippen LogP contribution in [0.25, 0.3) is 22.4 Å². The topological polar surface area (TPSA) is 95.2 Å². The minimum atomic E-state index is -3.80. The van der Waals surface area contributed by atoms with Crippen molar-refractivity contribution in [1.29, 1.82) is 0 Å². The largest absolute Gasteiger partial charge is 0.338 e. The highest BCUT2D eigenvalue weighted by Crippen LogP contribution is 2.28. The Morgan fingerprint density at radius 3 is 2.59 bits per heavy atom. The fourth-order valence-electron chi connectivity index (χ4n) is 4.18. The maximum atomic E-state index is 13.4. The van der Waals surface area contributed by atoms with Crippen LogP contribution in [0.15, 0.2) is 77.7 Å². The number of carbonyl (C=O) groups is 1. The molecule has 1 fully saturated rings. The summed E-state index contributed by atoms with van der Waals surface area (Å²) >= 11 is 0. The molecule has 4 aromatic rings. The Morgan fingerprint density at radius 1 is 1.06 bits per heavy atom. The van der Waals surface area contributed by atoms with E-state index in [9.17, 15) is 17.6 Å². The van der Waals surface area contributed by atoms with Gasteiger partial charge < -0.3 is 10.3 Å². The van der Waals surface area contributed by atoms with Gasteiger partial charge in [-0.2, -0.15) is 4.31 Å².